The molecule has 0 amide bonds. The van der Waals surface area contributed by atoms with Gasteiger partial charge in [-0.3, -0.25) is 0 Å². The molecule has 0 aromatic carbocycles. The van der Waals surface area contributed by atoms with Crippen LogP contribution < -0.4 is 11.5 Å². The summed E-state index contributed by atoms with van der Waals surface area (Å²) in [7, 11) is 4.12. The second-order valence-electron chi connectivity index (χ2n) is 3.14. The Labute approximate surface area is 69.0 Å². The number of hydrogen-bond donors (Lipinski definition) is 2. The Morgan fingerprint density at radius 1 is 1.27 bits per heavy atom. The minimum Gasteiger partial charge on any atom is -0.386 e. The summed E-state index contributed by atoms with van der Waals surface area (Å²) in [6, 6.07) is 0. The van der Waals surface area contributed by atoms with Gasteiger partial charge in [-0.1, -0.05) is 0 Å². The van der Waals surface area contributed by atoms with Gasteiger partial charge in [0.2, 0.25) is 0 Å². The number of allylic oxidation sites excluding steroid dienone is 1. The highest BCUT2D eigenvalue weighted by Crippen LogP contribution is 2.03. The smallest absolute Gasteiger partial charge is 0.0922 e. The molecule has 0 unspecified atom stereocenters. The fourth-order valence-electron chi connectivity index (χ4n) is 0.805. The summed E-state index contributed by atoms with van der Waals surface area (Å²) in [5.74, 6) is 0.476. The molecule has 4 N–H and O–H groups in total. The monoisotopic (exact) mass is 157 g/mol. The zero-order valence-corrected chi connectivity index (χ0v) is 7.72. The van der Waals surface area contributed by atoms with Crippen LogP contribution in [0.5, 0.6) is 0 Å². The summed E-state index contributed by atoms with van der Waals surface area (Å²) < 4.78 is 0. The quantitative estimate of drug-likeness (QED) is 0.624. The van der Waals surface area contributed by atoms with Crippen molar-refractivity contribution in [3.63, 3.8) is 0 Å². The van der Waals surface area contributed by atoms with Crippen LogP contribution in [0.3, 0.4) is 0 Å². The van der Waals surface area contributed by atoms with E-state index in [1.165, 1.54) is 0 Å². The van der Waals surface area contributed by atoms with Gasteiger partial charge in [0.05, 0.1) is 5.82 Å². The lowest BCUT2D eigenvalue weighted by Gasteiger charge is -2.09. The zero-order chi connectivity index (χ0) is 8.85. The standard InChI is InChI=1S/C8H19N3/c1-7(8(9)10)5-4-6-11(2)3/h4-6,9-10H2,1-3H3. The summed E-state index contributed by atoms with van der Waals surface area (Å²) in [6.07, 6.45) is 2.12. The van der Waals surface area contributed by atoms with Gasteiger partial charge in [0.1, 0.15) is 0 Å². The molecule has 11 heavy (non-hydrogen) atoms. The van der Waals surface area contributed by atoms with Gasteiger partial charge in [-0.2, -0.15) is 0 Å². The van der Waals surface area contributed by atoms with E-state index >= 15 is 0 Å². The largest absolute Gasteiger partial charge is 0.386 e. The molecule has 0 heterocycles. The van der Waals surface area contributed by atoms with Gasteiger partial charge in [-0.05, 0) is 46.0 Å². The third kappa shape index (κ3) is 5.73. The number of nitrogens with zero attached hydrogens (tertiary/aromatic N) is 1. The second kappa shape index (κ2) is 5.02. The van der Waals surface area contributed by atoms with Crippen molar-refractivity contribution in [2.75, 3.05) is 20.6 Å². The lowest BCUT2D eigenvalue weighted by Crippen LogP contribution is -2.14. The van der Waals surface area contributed by atoms with Crippen molar-refractivity contribution < 1.29 is 0 Å². The SMILES string of the molecule is CC(CCCN(C)C)=C(N)N. The first-order valence-electron chi connectivity index (χ1n) is 3.89. The molecular formula is C8H19N3. The minimum absolute atomic E-state index is 0.476. The fraction of sp³-hybridized carbons (Fsp3) is 0.750. The molecule has 0 saturated carbocycles. The van der Waals surface area contributed by atoms with Crippen molar-refractivity contribution in [1.29, 1.82) is 0 Å². The van der Waals surface area contributed by atoms with Crippen LogP contribution in [0.2, 0.25) is 0 Å². The van der Waals surface area contributed by atoms with E-state index in [0.29, 0.717) is 5.82 Å². The molecule has 0 aromatic rings. The van der Waals surface area contributed by atoms with E-state index in [1.54, 1.807) is 0 Å². The van der Waals surface area contributed by atoms with Crippen molar-refractivity contribution in [3.8, 4) is 0 Å². The third-order valence-corrected chi connectivity index (χ3v) is 1.65. The molecular weight excluding hydrogens is 138 g/mol. The van der Waals surface area contributed by atoms with Crippen LogP contribution in [0, 0.1) is 0 Å². The van der Waals surface area contributed by atoms with Crippen molar-refractivity contribution in [1.82, 2.24) is 4.90 Å². The van der Waals surface area contributed by atoms with Gasteiger partial charge in [0, 0.05) is 0 Å². The van der Waals surface area contributed by atoms with E-state index in [9.17, 15) is 0 Å². The number of nitrogens with two attached hydrogens (primary N) is 2. The third-order valence-electron chi connectivity index (χ3n) is 1.65. The molecule has 0 fully saturated rings. The van der Waals surface area contributed by atoms with Gasteiger partial charge in [-0.25, -0.2) is 0 Å². The van der Waals surface area contributed by atoms with Crippen LogP contribution in [0.15, 0.2) is 11.4 Å². The average molecular weight is 157 g/mol. The second-order valence-corrected chi connectivity index (χ2v) is 3.14. The molecule has 0 atom stereocenters. The Kier molecular flexibility index (Phi) is 4.70. The highest BCUT2D eigenvalue weighted by atomic mass is 15.0. The van der Waals surface area contributed by atoms with E-state index in [4.69, 9.17) is 11.5 Å². The lowest BCUT2D eigenvalue weighted by molar-refractivity contribution is 0.400. The first-order valence-corrected chi connectivity index (χ1v) is 3.89. The Hall–Kier alpha value is -0.700. The predicted molar refractivity (Wildman–Crippen MR) is 48.9 cm³/mol. The van der Waals surface area contributed by atoms with Gasteiger partial charge in [-0.15, -0.1) is 0 Å². The van der Waals surface area contributed by atoms with Crippen molar-refractivity contribution in [2.45, 2.75) is 19.8 Å². The van der Waals surface area contributed by atoms with Gasteiger partial charge in [0.25, 0.3) is 0 Å². The highest BCUT2D eigenvalue weighted by molar-refractivity contribution is 5.03. The molecule has 3 heteroatoms. The van der Waals surface area contributed by atoms with Crippen LogP contribution >= 0.6 is 0 Å². The summed E-state index contributed by atoms with van der Waals surface area (Å²) >= 11 is 0. The Morgan fingerprint density at radius 2 is 1.82 bits per heavy atom. The maximum Gasteiger partial charge on any atom is 0.0922 e. The number of hydrogen-bond acceptors (Lipinski definition) is 3. The van der Waals surface area contributed by atoms with Gasteiger partial charge < -0.3 is 16.4 Å². The molecule has 0 aliphatic rings. The first-order chi connectivity index (χ1) is 5.04. The van der Waals surface area contributed by atoms with E-state index in [2.05, 4.69) is 19.0 Å². The fourth-order valence-corrected chi connectivity index (χ4v) is 0.805. The number of rotatable bonds is 4. The normalized spacial score (nSPS) is 10.2. The summed E-state index contributed by atoms with van der Waals surface area (Å²) in [6.45, 7) is 3.07. The Balaban J connectivity index is 3.48. The van der Waals surface area contributed by atoms with Crippen LogP contribution in [0.4, 0.5) is 0 Å². The van der Waals surface area contributed by atoms with E-state index < -0.39 is 0 Å². The molecule has 3 nitrogen and oxygen atoms in total. The topological polar surface area (TPSA) is 55.3 Å². The molecule has 0 rings (SSSR count). The van der Waals surface area contributed by atoms with Crippen LogP contribution in [-0.4, -0.2) is 25.5 Å². The maximum atomic E-state index is 5.40. The summed E-state index contributed by atoms with van der Waals surface area (Å²) in [5, 5.41) is 0. The van der Waals surface area contributed by atoms with Crippen LogP contribution in [0.25, 0.3) is 0 Å². The Bertz CT molecular complexity index is 134. The van der Waals surface area contributed by atoms with Gasteiger partial charge >= 0.3 is 0 Å². The first kappa shape index (κ1) is 10.3. The minimum atomic E-state index is 0.476. The summed E-state index contributed by atoms with van der Waals surface area (Å²) in [4.78, 5) is 2.15. The van der Waals surface area contributed by atoms with E-state index in [-0.39, 0.29) is 0 Å². The summed E-state index contributed by atoms with van der Waals surface area (Å²) in [5.41, 5.74) is 11.9. The maximum absolute atomic E-state index is 5.40. The Morgan fingerprint density at radius 3 is 2.18 bits per heavy atom. The zero-order valence-electron chi connectivity index (χ0n) is 7.72. The molecule has 0 saturated heterocycles. The molecule has 0 aliphatic carbocycles. The highest BCUT2D eigenvalue weighted by Gasteiger charge is 1.94. The van der Waals surface area contributed by atoms with E-state index in [1.807, 2.05) is 6.92 Å². The molecule has 0 aliphatic heterocycles. The predicted octanol–water partition coefficient (Wildman–Crippen LogP) is 0.477. The molecule has 0 radical (unpaired) electrons. The van der Waals surface area contributed by atoms with Crippen LogP contribution in [0.1, 0.15) is 19.8 Å². The lowest BCUT2D eigenvalue weighted by atomic mass is 10.1. The van der Waals surface area contributed by atoms with Crippen molar-refractivity contribution in [3.05, 3.63) is 11.4 Å². The van der Waals surface area contributed by atoms with Crippen LogP contribution in [-0.2, 0) is 0 Å². The van der Waals surface area contributed by atoms with Crippen molar-refractivity contribution in [2.24, 2.45) is 11.5 Å². The molecule has 66 valence electrons. The molecule has 0 aromatic heterocycles. The van der Waals surface area contributed by atoms with Crippen molar-refractivity contribution >= 4 is 0 Å². The molecule has 0 bridgehead atoms. The molecule has 0 spiro atoms. The van der Waals surface area contributed by atoms with E-state index in [0.717, 1.165) is 25.0 Å². The van der Waals surface area contributed by atoms with Gasteiger partial charge in [0.15, 0.2) is 0 Å². The average Bonchev–Trinajstić information content (AvgIpc) is 1.86.